The van der Waals surface area contributed by atoms with Gasteiger partial charge in [0.05, 0.1) is 12.3 Å². The van der Waals surface area contributed by atoms with Crippen molar-refractivity contribution in [3.8, 4) is 5.75 Å². The predicted octanol–water partition coefficient (Wildman–Crippen LogP) is 2.39. The van der Waals surface area contributed by atoms with Gasteiger partial charge in [-0.1, -0.05) is 0 Å². The number of aryl methyl sites for hydroxylation is 1. The number of benzene rings is 1. The van der Waals surface area contributed by atoms with E-state index in [9.17, 15) is 0 Å². The average molecular weight is 258 g/mol. The highest BCUT2D eigenvalue weighted by Gasteiger charge is 2.05. The topological polar surface area (TPSA) is 73.1 Å². The van der Waals surface area contributed by atoms with Gasteiger partial charge in [0.2, 0.25) is 0 Å². The van der Waals surface area contributed by atoms with Gasteiger partial charge < -0.3 is 15.8 Å². The van der Waals surface area contributed by atoms with E-state index in [1.165, 1.54) is 0 Å². The Morgan fingerprint density at radius 3 is 2.74 bits per heavy atom. The van der Waals surface area contributed by atoms with E-state index in [4.69, 9.17) is 10.5 Å². The molecule has 0 saturated heterocycles. The summed E-state index contributed by atoms with van der Waals surface area (Å²) in [4.78, 5) is 8.44. The number of anilines is 2. The van der Waals surface area contributed by atoms with Crippen LogP contribution in [0.3, 0.4) is 0 Å². The van der Waals surface area contributed by atoms with Crippen LogP contribution in [0.2, 0.25) is 0 Å². The molecule has 1 heterocycles. The minimum atomic E-state index is 0.435. The first-order valence-corrected chi connectivity index (χ1v) is 6.25. The van der Waals surface area contributed by atoms with Crippen molar-refractivity contribution in [3.63, 3.8) is 0 Å². The third-order valence-corrected chi connectivity index (χ3v) is 2.72. The van der Waals surface area contributed by atoms with Crippen LogP contribution in [0.5, 0.6) is 5.75 Å². The number of rotatable bonds is 5. The van der Waals surface area contributed by atoms with Crippen LogP contribution in [0.1, 0.15) is 18.2 Å². The van der Waals surface area contributed by atoms with E-state index in [1.54, 1.807) is 12.4 Å². The van der Waals surface area contributed by atoms with Crippen molar-refractivity contribution < 1.29 is 4.74 Å². The molecule has 2 rings (SSSR count). The fourth-order valence-corrected chi connectivity index (χ4v) is 1.78. The van der Waals surface area contributed by atoms with E-state index in [0.29, 0.717) is 13.2 Å². The first kappa shape index (κ1) is 13.3. The van der Waals surface area contributed by atoms with E-state index in [1.807, 2.05) is 32.0 Å². The summed E-state index contributed by atoms with van der Waals surface area (Å²) in [6.07, 6.45) is 3.33. The van der Waals surface area contributed by atoms with Crippen LogP contribution in [0.4, 0.5) is 11.5 Å². The second-order valence-electron chi connectivity index (χ2n) is 4.07. The molecule has 5 nitrogen and oxygen atoms in total. The lowest BCUT2D eigenvalue weighted by molar-refractivity contribution is 0.336. The first-order chi connectivity index (χ1) is 9.24. The Balaban J connectivity index is 2.24. The molecule has 0 bridgehead atoms. The van der Waals surface area contributed by atoms with Crippen LogP contribution in [-0.2, 0) is 6.54 Å². The maximum absolute atomic E-state index is 5.74. The van der Waals surface area contributed by atoms with Crippen molar-refractivity contribution in [2.45, 2.75) is 20.4 Å². The number of hydrogen-bond acceptors (Lipinski definition) is 5. The number of ether oxygens (including phenoxy) is 1. The molecule has 3 N–H and O–H groups in total. The van der Waals surface area contributed by atoms with Gasteiger partial charge in [-0.3, -0.25) is 4.98 Å². The molecule has 0 spiro atoms. The van der Waals surface area contributed by atoms with Gasteiger partial charge in [-0.15, -0.1) is 0 Å². The number of nitrogens with one attached hydrogen (secondary N) is 1. The molecule has 100 valence electrons. The zero-order chi connectivity index (χ0) is 13.7. The van der Waals surface area contributed by atoms with Gasteiger partial charge in [0, 0.05) is 30.2 Å². The van der Waals surface area contributed by atoms with Crippen LogP contribution in [0.25, 0.3) is 0 Å². The lowest BCUT2D eigenvalue weighted by Crippen LogP contribution is -2.04. The fraction of sp³-hybridized carbons (Fsp3) is 0.286. The molecular formula is C14H18N4O. The minimum absolute atomic E-state index is 0.435. The summed E-state index contributed by atoms with van der Waals surface area (Å²) in [7, 11) is 0. The zero-order valence-electron chi connectivity index (χ0n) is 11.2. The van der Waals surface area contributed by atoms with Gasteiger partial charge in [0.15, 0.2) is 5.82 Å². The van der Waals surface area contributed by atoms with E-state index in [0.717, 1.165) is 28.5 Å². The molecule has 0 aliphatic heterocycles. The molecule has 5 heteroatoms. The van der Waals surface area contributed by atoms with Gasteiger partial charge in [-0.25, -0.2) is 4.98 Å². The van der Waals surface area contributed by atoms with Crippen LogP contribution in [-0.4, -0.2) is 16.6 Å². The number of nitrogens with two attached hydrogens (primary N) is 1. The first-order valence-electron chi connectivity index (χ1n) is 6.25. The summed E-state index contributed by atoms with van der Waals surface area (Å²) in [6, 6.07) is 5.83. The molecule has 0 radical (unpaired) electrons. The smallest absolute Gasteiger partial charge is 0.151 e. The van der Waals surface area contributed by atoms with E-state index >= 15 is 0 Å². The fourth-order valence-electron chi connectivity index (χ4n) is 1.78. The van der Waals surface area contributed by atoms with Gasteiger partial charge in [-0.05, 0) is 32.0 Å². The van der Waals surface area contributed by atoms with E-state index in [-0.39, 0.29) is 0 Å². The van der Waals surface area contributed by atoms with Crippen LogP contribution < -0.4 is 15.8 Å². The van der Waals surface area contributed by atoms with Gasteiger partial charge in [0.25, 0.3) is 0 Å². The lowest BCUT2D eigenvalue weighted by Gasteiger charge is -2.12. The minimum Gasteiger partial charge on any atom is -0.494 e. The van der Waals surface area contributed by atoms with Crippen molar-refractivity contribution in [1.82, 2.24) is 9.97 Å². The average Bonchev–Trinajstić information content (AvgIpc) is 2.43. The monoisotopic (exact) mass is 258 g/mol. The molecule has 0 amide bonds. The summed E-state index contributed by atoms with van der Waals surface area (Å²) >= 11 is 0. The Bertz CT molecular complexity index is 557. The molecule has 2 aromatic rings. The maximum Gasteiger partial charge on any atom is 0.151 e. The van der Waals surface area contributed by atoms with Crippen molar-refractivity contribution in [2.24, 2.45) is 5.73 Å². The zero-order valence-corrected chi connectivity index (χ0v) is 11.2. The van der Waals surface area contributed by atoms with Crippen LogP contribution in [0.15, 0.2) is 30.6 Å². The highest BCUT2D eigenvalue weighted by molar-refractivity contribution is 5.60. The molecule has 0 unspecified atom stereocenters. The molecule has 1 aromatic carbocycles. The Morgan fingerprint density at radius 1 is 1.26 bits per heavy atom. The normalized spacial score (nSPS) is 10.3. The van der Waals surface area contributed by atoms with Gasteiger partial charge in [-0.2, -0.15) is 0 Å². The van der Waals surface area contributed by atoms with E-state index in [2.05, 4.69) is 15.3 Å². The second kappa shape index (κ2) is 6.15. The SMILES string of the molecule is CCOc1ccc(Nc2nccnc2C)cc1CN. The highest BCUT2D eigenvalue weighted by atomic mass is 16.5. The Morgan fingerprint density at radius 2 is 2.05 bits per heavy atom. The third-order valence-electron chi connectivity index (χ3n) is 2.72. The second-order valence-corrected chi connectivity index (χ2v) is 4.07. The molecule has 0 saturated carbocycles. The number of nitrogens with zero attached hydrogens (tertiary/aromatic N) is 2. The molecule has 0 aliphatic rings. The predicted molar refractivity (Wildman–Crippen MR) is 75.6 cm³/mol. The summed E-state index contributed by atoms with van der Waals surface area (Å²) < 4.78 is 5.52. The lowest BCUT2D eigenvalue weighted by atomic mass is 10.1. The molecule has 0 atom stereocenters. The number of hydrogen-bond donors (Lipinski definition) is 2. The Labute approximate surface area is 112 Å². The van der Waals surface area contributed by atoms with Crippen molar-refractivity contribution >= 4 is 11.5 Å². The summed E-state index contributed by atoms with van der Waals surface area (Å²) in [5.41, 5.74) is 8.48. The molecule has 0 aliphatic carbocycles. The number of aromatic nitrogens is 2. The largest absolute Gasteiger partial charge is 0.494 e. The summed E-state index contributed by atoms with van der Waals surface area (Å²) in [6.45, 7) is 4.93. The quantitative estimate of drug-likeness (QED) is 0.861. The van der Waals surface area contributed by atoms with Crippen molar-refractivity contribution in [1.29, 1.82) is 0 Å². The molecule has 19 heavy (non-hydrogen) atoms. The molecule has 1 aromatic heterocycles. The van der Waals surface area contributed by atoms with Crippen LogP contribution >= 0.6 is 0 Å². The van der Waals surface area contributed by atoms with Gasteiger partial charge in [0.1, 0.15) is 5.75 Å². The summed E-state index contributed by atoms with van der Waals surface area (Å²) in [5, 5.41) is 3.23. The third kappa shape index (κ3) is 3.20. The Hall–Kier alpha value is -2.14. The standard InChI is InChI=1S/C14H18N4O/c1-3-19-13-5-4-12(8-11(13)9-15)18-14-10(2)16-6-7-17-14/h4-8H,3,9,15H2,1-2H3,(H,17,18). The van der Waals surface area contributed by atoms with Gasteiger partial charge >= 0.3 is 0 Å². The highest BCUT2D eigenvalue weighted by Crippen LogP contribution is 2.24. The van der Waals surface area contributed by atoms with Crippen LogP contribution in [0, 0.1) is 6.92 Å². The van der Waals surface area contributed by atoms with E-state index < -0.39 is 0 Å². The van der Waals surface area contributed by atoms with Crippen molar-refractivity contribution in [3.05, 3.63) is 41.9 Å². The molecule has 0 fully saturated rings. The summed E-state index contributed by atoms with van der Waals surface area (Å²) in [5.74, 6) is 1.57. The molecular weight excluding hydrogens is 240 g/mol. The Kier molecular flexibility index (Phi) is 4.30. The maximum atomic E-state index is 5.74. The van der Waals surface area contributed by atoms with Crippen molar-refractivity contribution in [2.75, 3.05) is 11.9 Å².